The second-order valence-corrected chi connectivity index (χ2v) is 7.77. The van der Waals surface area contributed by atoms with E-state index in [1.165, 1.54) is 16.2 Å². The highest BCUT2D eigenvalue weighted by atomic mass is 32.1. The summed E-state index contributed by atoms with van der Waals surface area (Å²) >= 11 is 3.14. The Kier molecular flexibility index (Phi) is 4.77. The average Bonchev–Trinajstić information content (AvgIpc) is 3.35. The number of aromatic nitrogens is 4. The number of imidazole rings is 1. The average molecular weight is 384 g/mol. The van der Waals surface area contributed by atoms with Gasteiger partial charge < -0.3 is 9.88 Å². The summed E-state index contributed by atoms with van der Waals surface area (Å²) in [7, 11) is 0. The normalized spacial score (nSPS) is 11.1. The van der Waals surface area contributed by atoms with Crippen LogP contribution < -0.4 is 5.32 Å². The number of anilines is 1. The van der Waals surface area contributed by atoms with E-state index in [4.69, 9.17) is 0 Å². The molecule has 0 bridgehead atoms. The molecule has 0 unspecified atom stereocenters. The van der Waals surface area contributed by atoms with Gasteiger partial charge in [0.25, 0.3) is 0 Å². The molecule has 26 heavy (non-hydrogen) atoms. The van der Waals surface area contributed by atoms with Gasteiger partial charge in [0.2, 0.25) is 5.91 Å². The van der Waals surface area contributed by atoms with Crippen molar-refractivity contribution in [3.05, 3.63) is 57.6 Å². The Labute approximate surface area is 158 Å². The molecule has 0 atom stereocenters. The zero-order valence-corrected chi connectivity index (χ0v) is 15.8. The van der Waals surface area contributed by atoms with E-state index in [0.29, 0.717) is 24.5 Å². The first-order valence-corrected chi connectivity index (χ1v) is 9.99. The Morgan fingerprint density at radius 2 is 2.15 bits per heavy atom. The lowest BCUT2D eigenvalue weighted by Crippen LogP contribution is -2.14. The number of nitrogens with zero attached hydrogens (tertiary/aromatic N) is 4. The number of amides is 1. The number of thiophene rings is 1. The molecule has 4 rings (SSSR count). The minimum atomic E-state index is -0.0537. The standard InChI is InChI=1S/C18H17N5OS2/c1-12-11-26-18(20-12)22-16(24)7-6-15-21-14-5-2-8-19-17(14)23(15)10-13-4-3-9-25-13/h2-5,8-9,11H,6-7,10H2,1H3,(H,20,22,24). The lowest BCUT2D eigenvalue weighted by molar-refractivity contribution is -0.116. The molecule has 0 aliphatic carbocycles. The van der Waals surface area contributed by atoms with Gasteiger partial charge in [-0.15, -0.1) is 22.7 Å². The summed E-state index contributed by atoms with van der Waals surface area (Å²) in [5, 5.41) is 7.47. The number of fused-ring (bicyclic) bond motifs is 1. The SMILES string of the molecule is Cc1csc(NC(=O)CCc2nc3cccnc3n2Cc2cccs2)n1. The van der Waals surface area contributed by atoms with Gasteiger partial charge in [-0.05, 0) is 30.5 Å². The van der Waals surface area contributed by atoms with Crippen molar-refractivity contribution >= 4 is 44.9 Å². The van der Waals surface area contributed by atoms with Crippen LogP contribution in [-0.2, 0) is 17.8 Å². The summed E-state index contributed by atoms with van der Waals surface area (Å²) in [6.07, 6.45) is 2.68. The molecule has 0 saturated carbocycles. The van der Waals surface area contributed by atoms with Crippen LogP contribution in [-0.4, -0.2) is 25.4 Å². The van der Waals surface area contributed by atoms with Gasteiger partial charge in [0.1, 0.15) is 11.3 Å². The predicted molar refractivity (Wildman–Crippen MR) is 105 cm³/mol. The Balaban J connectivity index is 1.52. The first-order valence-electron chi connectivity index (χ1n) is 8.23. The molecule has 0 aliphatic rings. The highest BCUT2D eigenvalue weighted by Crippen LogP contribution is 2.20. The maximum absolute atomic E-state index is 12.2. The molecule has 0 fully saturated rings. The van der Waals surface area contributed by atoms with Crippen molar-refractivity contribution in [3.8, 4) is 0 Å². The van der Waals surface area contributed by atoms with Crippen LogP contribution >= 0.6 is 22.7 Å². The zero-order chi connectivity index (χ0) is 17.9. The fourth-order valence-electron chi connectivity index (χ4n) is 2.74. The number of carbonyl (C=O) groups excluding carboxylic acids is 1. The van der Waals surface area contributed by atoms with Gasteiger partial charge in [-0.25, -0.2) is 15.0 Å². The van der Waals surface area contributed by atoms with E-state index in [2.05, 4.69) is 36.3 Å². The molecule has 132 valence electrons. The summed E-state index contributed by atoms with van der Waals surface area (Å²) < 4.78 is 2.10. The van der Waals surface area contributed by atoms with Crippen molar-refractivity contribution < 1.29 is 4.79 Å². The van der Waals surface area contributed by atoms with E-state index in [0.717, 1.165) is 22.7 Å². The van der Waals surface area contributed by atoms with Gasteiger partial charge in [-0.1, -0.05) is 6.07 Å². The van der Waals surface area contributed by atoms with Crippen molar-refractivity contribution in [1.82, 2.24) is 19.5 Å². The van der Waals surface area contributed by atoms with Crippen LogP contribution in [0.15, 0.2) is 41.2 Å². The lowest BCUT2D eigenvalue weighted by Gasteiger charge is -2.07. The van der Waals surface area contributed by atoms with Crippen molar-refractivity contribution in [2.75, 3.05) is 5.32 Å². The minimum Gasteiger partial charge on any atom is -0.307 e. The number of nitrogens with one attached hydrogen (secondary N) is 1. The largest absolute Gasteiger partial charge is 0.307 e. The van der Waals surface area contributed by atoms with Gasteiger partial charge >= 0.3 is 0 Å². The molecule has 0 spiro atoms. The molecular formula is C18H17N5OS2. The van der Waals surface area contributed by atoms with Gasteiger partial charge in [-0.2, -0.15) is 0 Å². The van der Waals surface area contributed by atoms with E-state index in [9.17, 15) is 4.79 Å². The fourth-order valence-corrected chi connectivity index (χ4v) is 4.14. The third kappa shape index (κ3) is 3.66. The monoisotopic (exact) mass is 383 g/mol. The van der Waals surface area contributed by atoms with Crippen LogP contribution in [0.25, 0.3) is 11.2 Å². The maximum atomic E-state index is 12.2. The molecular weight excluding hydrogens is 366 g/mol. The summed E-state index contributed by atoms with van der Waals surface area (Å²) in [5.41, 5.74) is 2.62. The molecule has 0 radical (unpaired) electrons. The van der Waals surface area contributed by atoms with Crippen molar-refractivity contribution in [1.29, 1.82) is 0 Å². The van der Waals surface area contributed by atoms with Crippen LogP contribution in [0.5, 0.6) is 0 Å². The number of carbonyl (C=O) groups is 1. The first kappa shape index (κ1) is 16.9. The number of hydrogen-bond acceptors (Lipinski definition) is 6. The highest BCUT2D eigenvalue weighted by Gasteiger charge is 2.14. The quantitative estimate of drug-likeness (QED) is 0.548. The molecule has 6 nitrogen and oxygen atoms in total. The topological polar surface area (TPSA) is 72.7 Å². The first-order chi connectivity index (χ1) is 12.7. The molecule has 4 heterocycles. The molecule has 8 heteroatoms. The van der Waals surface area contributed by atoms with Crippen molar-refractivity contribution in [3.63, 3.8) is 0 Å². The zero-order valence-electron chi connectivity index (χ0n) is 14.2. The second-order valence-electron chi connectivity index (χ2n) is 5.88. The molecule has 1 N–H and O–H groups in total. The fraction of sp³-hybridized carbons (Fsp3) is 0.222. The Morgan fingerprint density at radius 3 is 2.92 bits per heavy atom. The Morgan fingerprint density at radius 1 is 1.23 bits per heavy atom. The molecule has 0 aromatic carbocycles. The van der Waals surface area contributed by atoms with Crippen LogP contribution in [0.1, 0.15) is 22.8 Å². The molecule has 4 aromatic rings. The predicted octanol–water partition coefficient (Wildman–Crippen LogP) is 3.88. The third-order valence-corrected chi connectivity index (χ3v) is 5.65. The maximum Gasteiger partial charge on any atom is 0.226 e. The molecule has 4 aromatic heterocycles. The van der Waals surface area contributed by atoms with E-state index in [1.54, 1.807) is 17.5 Å². The second kappa shape index (κ2) is 7.35. The third-order valence-electron chi connectivity index (χ3n) is 3.92. The highest BCUT2D eigenvalue weighted by molar-refractivity contribution is 7.13. The summed E-state index contributed by atoms with van der Waals surface area (Å²) in [6.45, 7) is 2.62. The number of pyridine rings is 1. The summed E-state index contributed by atoms with van der Waals surface area (Å²) in [6, 6.07) is 7.97. The number of rotatable bonds is 6. The minimum absolute atomic E-state index is 0.0537. The number of thiazole rings is 1. The van der Waals surface area contributed by atoms with Crippen LogP contribution in [0.3, 0.4) is 0 Å². The summed E-state index contributed by atoms with van der Waals surface area (Å²) in [5.74, 6) is 0.819. The Bertz CT molecular complexity index is 1040. The summed E-state index contributed by atoms with van der Waals surface area (Å²) in [4.78, 5) is 26.9. The lowest BCUT2D eigenvalue weighted by atomic mass is 10.3. The van der Waals surface area contributed by atoms with Crippen LogP contribution in [0.2, 0.25) is 0 Å². The van der Waals surface area contributed by atoms with E-state index < -0.39 is 0 Å². The van der Waals surface area contributed by atoms with E-state index in [1.807, 2.05) is 30.5 Å². The van der Waals surface area contributed by atoms with E-state index >= 15 is 0 Å². The van der Waals surface area contributed by atoms with Crippen LogP contribution in [0.4, 0.5) is 5.13 Å². The smallest absolute Gasteiger partial charge is 0.226 e. The van der Waals surface area contributed by atoms with Crippen molar-refractivity contribution in [2.24, 2.45) is 0 Å². The number of hydrogen-bond donors (Lipinski definition) is 1. The molecule has 0 aliphatic heterocycles. The van der Waals surface area contributed by atoms with Gasteiger partial charge in [-0.3, -0.25) is 4.79 Å². The van der Waals surface area contributed by atoms with Gasteiger partial charge in [0.15, 0.2) is 10.8 Å². The van der Waals surface area contributed by atoms with Gasteiger partial charge in [0.05, 0.1) is 12.2 Å². The molecule has 1 amide bonds. The van der Waals surface area contributed by atoms with Crippen LogP contribution in [0, 0.1) is 6.92 Å². The number of aryl methyl sites for hydroxylation is 2. The van der Waals surface area contributed by atoms with Crippen molar-refractivity contribution in [2.45, 2.75) is 26.3 Å². The van der Waals surface area contributed by atoms with E-state index in [-0.39, 0.29) is 5.91 Å². The Hall–Kier alpha value is -2.58. The van der Waals surface area contributed by atoms with Gasteiger partial charge in [0, 0.05) is 29.3 Å². The molecule has 0 saturated heterocycles.